The second kappa shape index (κ2) is 4.08. The number of rotatable bonds is 2. The van der Waals surface area contributed by atoms with Gasteiger partial charge in [0.15, 0.2) is 0 Å². The number of nitrogens with one attached hydrogen (secondary N) is 1. The Hall–Kier alpha value is -0.0400. The van der Waals surface area contributed by atoms with Crippen LogP contribution in [0, 0.1) is 17.3 Å². The standard InChI is InChI=1S/C14H27N/c1-10-9-13(10)15-12-7-5-11(6-8-12)14(2,3)4/h10-13,15H,5-9H2,1-4H3. The molecule has 2 fully saturated rings. The van der Waals surface area contributed by atoms with Gasteiger partial charge in [-0.05, 0) is 49.4 Å². The molecule has 1 N–H and O–H groups in total. The van der Waals surface area contributed by atoms with Crippen molar-refractivity contribution >= 4 is 0 Å². The first-order valence-corrected chi connectivity index (χ1v) is 6.73. The first kappa shape index (κ1) is 11.4. The fourth-order valence-electron chi connectivity index (χ4n) is 2.98. The van der Waals surface area contributed by atoms with Crippen molar-refractivity contribution in [3.63, 3.8) is 0 Å². The Morgan fingerprint density at radius 3 is 1.93 bits per heavy atom. The van der Waals surface area contributed by atoms with Crippen LogP contribution in [0.25, 0.3) is 0 Å². The van der Waals surface area contributed by atoms with Crippen molar-refractivity contribution in [2.45, 2.75) is 71.9 Å². The van der Waals surface area contributed by atoms with Gasteiger partial charge in [0.05, 0.1) is 0 Å². The van der Waals surface area contributed by atoms with Crippen LogP contribution in [0.5, 0.6) is 0 Å². The van der Waals surface area contributed by atoms with E-state index in [4.69, 9.17) is 0 Å². The Balaban J connectivity index is 1.72. The SMILES string of the molecule is CC1CC1NC1CCC(C(C)(C)C)CC1. The molecule has 2 rings (SSSR count). The summed E-state index contributed by atoms with van der Waals surface area (Å²) in [5.41, 5.74) is 0.526. The first-order chi connectivity index (χ1) is 6.97. The van der Waals surface area contributed by atoms with E-state index in [2.05, 4.69) is 33.0 Å². The molecule has 1 heteroatoms. The molecule has 0 amide bonds. The van der Waals surface area contributed by atoms with Crippen LogP contribution in [0.2, 0.25) is 0 Å². The summed E-state index contributed by atoms with van der Waals surface area (Å²) in [6, 6.07) is 1.69. The molecule has 0 aliphatic heterocycles. The second-order valence-corrected chi connectivity index (χ2v) is 6.90. The van der Waals surface area contributed by atoms with Gasteiger partial charge in [0.1, 0.15) is 0 Å². The van der Waals surface area contributed by atoms with Gasteiger partial charge in [-0.15, -0.1) is 0 Å². The average molecular weight is 209 g/mol. The lowest BCUT2D eigenvalue weighted by Gasteiger charge is -2.37. The van der Waals surface area contributed by atoms with Crippen LogP contribution >= 0.6 is 0 Å². The summed E-state index contributed by atoms with van der Waals surface area (Å²) in [4.78, 5) is 0. The van der Waals surface area contributed by atoms with Gasteiger partial charge in [-0.3, -0.25) is 0 Å². The van der Waals surface area contributed by atoms with Crippen LogP contribution in [-0.2, 0) is 0 Å². The molecule has 2 aliphatic carbocycles. The molecule has 2 aliphatic rings. The fourth-order valence-corrected chi connectivity index (χ4v) is 2.98. The summed E-state index contributed by atoms with van der Waals surface area (Å²) >= 11 is 0. The summed E-state index contributed by atoms with van der Waals surface area (Å²) in [7, 11) is 0. The molecule has 0 saturated heterocycles. The first-order valence-electron chi connectivity index (χ1n) is 6.73. The highest BCUT2D eigenvalue weighted by atomic mass is 15.0. The maximum absolute atomic E-state index is 3.81. The lowest BCUT2D eigenvalue weighted by atomic mass is 9.71. The lowest BCUT2D eigenvalue weighted by molar-refractivity contribution is 0.159. The smallest absolute Gasteiger partial charge is 0.00989 e. The summed E-state index contributed by atoms with van der Waals surface area (Å²) in [5.74, 6) is 1.90. The Bertz CT molecular complexity index is 208. The summed E-state index contributed by atoms with van der Waals surface area (Å²) < 4.78 is 0. The molecule has 0 aromatic heterocycles. The van der Waals surface area contributed by atoms with Crippen LogP contribution in [0.1, 0.15) is 59.8 Å². The van der Waals surface area contributed by atoms with E-state index in [-0.39, 0.29) is 0 Å². The van der Waals surface area contributed by atoms with Gasteiger partial charge in [-0.2, -0.15) is 0 Å². The zero-order valence-corrected chi connectivity index (χ0v) is 10.8. The topological polar surface area (TPSA) is 12.0 Å². The molecular weight excluding hydrogens is 182 g/mol. The van der Waals surface area contributed by atoms with Crippen molar-refractivity contribution in [1.82, 2.24) is 5.32 Å². The van der Waals surface area contributed by atoms with E-state index in [0.717, 1.165) is 23.9 Å². The minimum absolute atomic E-state index is 0.526. The van der Waals surface area contributed by atoms with E-state index in [1.165, 1.54) is 32.1 Å². The number of hydrogen-bond donors (Lipinski definition) is 1. The maximum atomic E-state index is 3.81. The Morgan fingerprint density at radius 2 is 1.53 bits per heavy atom. The maximum Gasteiger partial charge on any atom is 0.00989 e. The van der Waals surface area contributed by atoms with Gasteiger partial charge in [0.2, 0.25) is 0 Å². The van der Waals surface area contributed by atoms with E-state index in [0.29, 0.717) is 5.41 Å². The fraction of sp³-hybridized carbons (Fsp3) is 1.00. The van der Waals surface area contributed by atoms with E-state index < -0.39 is 0 Å². The summed E-state index contributed by atoms with van der Waals surface area (Å²) in [6.45, 7) is 9.55. The molecule has 2 unspecified atom stereocenters. The van der Waals surface area contributed by atoms with E-state index in [1.807, 2.05) is 0 Å². The minimum Gasteiger partial charge on any atom is -0.311 e. The van der Waals surface area contributed by atoms with Gasteiger partial charge in [0.25, 0.3) is 0 Å². The molecular formula is C14H27N. The molecule has 0 aromatic rings. The minimum atomic E-state index is 0.526. The van der Waals surface area contributed by atoms with Crippen molar-refractivity contribution in [2.75, 3.05) is 0 Å². The summed E-state index contributed by atoms with van der Waals surface area (Å²) in [6.07, 6.45) is 7.10. The zero-order chi connectivity index (χ0) is 11.1. The van der Waals surface area contributed by atoms with Crippen molar-refractivity contribution < 1.29 is 0 Å². The number of hydrogen-bond acceptors (Lipinski definition) is 1. The molecule has 0 heterocycles. The molecule has 0 radical (unpaired) electrons. The third-order valence-corrected chi connectivity index (χ3v) is 4.51. The predicted molar refractivity (Wildman–Crippen MR) is 65.9 cm³/mol. The van der Waals surface area contributed by atoms with Gasteiger partial charge in [0, 0.05) is 12.1 Å². The van der Waals surface area contributed by atoms with Crippen molar-refractivity contribution in [1.29, 1.82) is 0 Å². The molecule has 2 saturated carbocycles. The molecule has 15 heavy (non-hydrogen) atoms. The lowest BCUT2D eigenvalue weighted by Crippen LogP contribution is -2.37. The Labute approximate surface area is 95.0 Å². The largest absolute Gasteiger partial charge is 0.311 e. The Kier molecular flexibility index (Phi) is 3.12. The molecule has 1 nitrogen and oxygen atoms in total. The van der Waals surface area contributed by atoms with Gasteiger partial charge in [-0.25, -0.2) is 0 Å². The predicted octanol–water partition coefficient (Wildman–Crippen LogP) is 3.59. The summed E-state index contributed by atoms with van der Waals surface area (Å²) in [5, 5.41) is 3.81. The zero-order valence-electron chi connectivity index (χ0n) is 10.8. The van der Waals surface area contributed by atoms with Gasteiger partial charge in [-0.1, -0.05) is 27.7 Å². The average Bonchev–Trinajstić information content (AvgIpc) is 2.81. The van der Waals surface area contributed by atoms with Crippen LogP contribution in [0.3, 0.4) is 0 Å². The Morgan fingerprint density at radius 1 is 1.00 bits per heavy atom. The molecule has 0 bridgehead atoms. The van der Waals surface area contributed by atoms with E-state index in [9.17, 15) is 0 Å². The highest BCUT2D eigenvalue weighted by molar-refractivity contribution is 4.93. The quantitative estimate of drug-likeness (QED) is 0.733. The highest BCUT2D eigenvalue weighted by Crippen LogP contribution is 2.39. The monoisotopic (exact) mass is 209 g/mol. The highest BCUT2D eigenvalue weighted by Gasteiger charge is 2.36. The van der Waals surface area contributed by atoms with Crippen LogP contribution in [0.15, 0.2) is 0 Å². The third-order valence-electron chi connectivity index (χ3n) is 4.51. The second-order valence-electron chi connectivity index (χ2n) is 6.90. The van der Waals surface area contributed by atoms with Crippen LogP contribution < -0.4 is 5.32 Å². The van der Waals surface area contributed by atoms with E-state index in [1.54, 1.807) is 0 Å². The van der Waals surface area contributed by atoms with Crippen molar-refractivity contribution in [3.05, 3.63) is 0 Å². The van der Waals surface area contributed by atoms with Gasteiger partial charge < -0.3 is 5.32 Å². The third kappa shape index (κ3) is 2.96. The van der Waals surface area contributed by atoms with Crippen molar-refractivity contribution in [2.24, 2.45) is 17.3 Å². The molecule has 2 atom stereocenters. The van der Waals surface area contributed by atoms with Gasteiger partial charge >= 0.3 is 0 Å². The molecule has 0 spiro atoms. The van der Waals surface area contributed by atoms with E-state index >= 15 is 0 Å². The van der Waals surface area contributed by atoms with Crippen LogP contribution in [-0.4, -0.2) is 12.1 Å². The molecule has 88 valence electrons. The normalized spacial score (nSPS) is 41.6. The molecule has 0 aromatic carbocycles. The van der Waals surface area contributed by atoms with Crippen LogP contribution in [0.4, 0.5) is 0 Å². The van der Waals surface area contributed by atoms with Crippen molar-refractivity contribution in [3.8, 4) is 0 Å².